The van der Waals surface area contributed by atoms with Crippen LogP contribution in [0.5, 0.6) is 0 Å². The second-order valence-electron chi connectivity index (χ2n) is 6.51. The summed E-state index contributed by atoms with van der Waals surface area (Å²) in [6, 6.07) is 0. The second-order valence-corrected chi connectivity index (χ2v) is 6.51. The van der Waals surface area contributed by atoms with Gasteiger partial charge in [-0.1, -0.05) is 24.8 Å². The van der Waals surface area contributed by atoms with E-state index in [-0.39, 0.29) is 24.9 Å². The molecule has 1 aliphatic carbocycles. The van der Waals surface area contributed by atoms with Gasteiger partial charge in [0.2, 0.25) is 0 Å². The van der Waals surface area contributed by atoms with Crippen molar-refractivity contribution in [2.75, 3.05) is 6.61 Å². The Hall–Kier alpha value is -0.900. The Labute approximate surface area is 122 Å². The summed E-state index contributed by atoms with van der Waals surface area (Å²) < 4.78 is 0. The first-order valence-corrected chi connectivity index (χ1v) is 7.16. The van der Waals surface area contributed by atoms with Crippen molar-refractivity contribution in [1.29, 1.82) is 0 Å². The lowest BCUT2D eigenvalue weighted by atomic mass is 9.68. The number of allylic oxidation sites excluding steroid dienone is 1. The minimum atomic E-state index is -1.15. The maximum atomic E-state index is 11.1. The molecular formula is C17H28O3. The van der Waals surface area contributed by atoms with Gasteiger partial charge in [-0.05, 0) is 51.0 Å². The van der Waals surface area contributed by atoms with Gasteiger partial charge in [0.25, 0.3) is 0 Å². The molecule has 20 heavy (non-hydrogen) atoms. The lowest BCUT2D eigenvalue weighted by Gasteiger charge is -2.43. The highest BCUT2D eigenvalue weighted by molar-refractivity contribution is 5.17. The van der Waals surface area contributed by atoms with Gasteiger partial charge in [-0.2, -0.15) is 0 Å². The van der Waals surface area contributed by atoms with Crippen LogP contribution in [-0.2, 0) is 0 Å². The Bertz CT molecular complexity index is 397. The summed E-state index contributed by atoms with van der Waals surface area (Å²) in [5, 5.41) is 31.0. The Morgan fingerprint density at radius 1 is 1.45 bits per heavy atom. The zero-order chi connectivity index (χ0) is 15.6. The van der Waals surface area contributed by atoms with Gasteiger partial charge < -0.3 is 15.3 Å². The van der Waals surface area contributed by atoms with E-state index in [2.05, 4.69) is 19.7 Å². The summed E-state index contributed by atoms with van der Waals surface area (Å²) in [5.74, 6) is -0.254. The monoisotopic (exact) mass is 280 g/mol. The van der Waals surface area contributed by atoms with Gasteiger partial charge in [0.05, 0.1) is 17.8 Å². The lowest BCUT2D eigenvalue weighted by molar-refractivity contribution is -0.111. The molecule has 0 amide bonds. The van der Waals surface area contributed by atoms with E-state index in [4.69, 9.17) is 0 Å². The fraction of sp³-hybridized carbons (Fsp3) is 0.647. The summed E-state index contributed by atoms with van der Waals surface area (Å²) in [6.07, 6.45) is 3.74. The summed E-state index contributed by atoms with van der Waals surface area (Å²) in [6.45, 7) is 15.1. The average molecular weight is 280 g/mol. The predicted molar refractivity (Wildman–Crippen MR) is 82.3 cm³/mol. The molecule has 1 aliphatic rings. The Kier molecular flexibility index (Phi) is 5.36. The van der Waals surface area contributed by atoms with Crippen molar-refractivity contribution in [1.82, 2.24) is 0 Å². The van der Waals surface area contributed by atoms with Gasteiger partial charge in [0.1, 0.15) is 0 Å². The third-order valence-electron chi connectivity index (χ3n) is 4.52. The molecule has 0 aromatic carbocycles. The molecule has 0 spiro atoms. The smallest absolute Gasteiger partial charge is 0.0780 e. The molecule has 1 saturated carbocycles. The zero-order valence-corrected chi connectivity index (χ0v) is 12.7. The zero-order valence-electron chi connectivity index (χ0n) is 12.7. The minimum Gasteiger partial charge on any atom is -0.392 e. The molecule has 0 heterocycles. The molecule has 3 heteroatoms. The molecule has 0 aliphatic heterocycles. The molecule has 0 bridgehead atoms. The van der Waals surface area contributed by atoms with Crippen molar-refractivity contribution in [3.63, 3.8) is 0 Å². The molecule has 0 unspecified atom stereocenters. The van der Waals surface area contributed by atoms with E-state index in [1.807, 2.05) is 6.92 Å². The van der Waals surface area contributed by atoms with Crippen LogP contribution in [0.1, 0.15) is 39.5 Å². The lowest BCUT2D eigenvalue weighted by Crippen LogP contribution is -2.50. The molecule has 1 fully saturated rings. The minimum absolute atomic E-state index is 0.0708. The van der Waals surface area contributed by atoms with Crippen LogP contribution in [0.25, 0.3) is 0 Å². The summed E-state index contributed by atoms with van der Waals surface area (Å²) >= 11 is 0. The molecule has 3 N–H and O–H groups in total. The molecule has 0 aromatic rings. The largest absolute Gasteiger partial charge is 0.392 e. The van der Waals surface area contributed by atoms with Crippen LogP contribution in [0.4, 0.5) is 0 Å². The standard InChI is InChI=1S/C17H28O3/c1-6-8-17(20,10-13(4)11-18)15-14(12(2)3)7-9-16(15,5)19/h6,14-15,18-20H,1-2,4,7-11H2,3,5H3/t14-,15-,16-,17-/m1/s1. The average Bonchev–Trinajstić information content (AvgIpc) is 2.65. The van der Waals surface area contributed by atoms with E-state index in [9.17, 15) is 15.3 Å². The van der Waals surface area contributed by atoms with Crippen molar-refractivity contribution < 1.29 is 15.3 Å². The van der Waals surface area contributed by atoms with Crippen LogP contribution >= 0.6 is 0 Å². The highest BCUT2D eigenvalue weighted by atomic mass is 16.3. The molecule has 114 valence electrons. The van der Waals surface area contributed by atoms with Crippen LogP contribution in [-0.4, -0.2) is 33.1 Å². The number of hydrogen-bond donors (Lipinski definition) is 3. The van der Waals surface area contributed by atoms with E-state index in [0.717, 1.165) is 12.0 Å². The predicted octanol–water partition coefficient (Wildman–Crippen LogP) is 2.59. The fourth-order valence-corrected chi connectivity index (χ4v) is 3.74. The highest BCUT2D eigenvalue weighted by Gasteiger charge is 2.54. The molecule has 0 saturated heterocycles. The molecule has 0 radical (unpaired) electrons. The van der Waals surface area contributed by atoms with Crippen molar-refractivity contribution in [2.24, 2.45) is 11.8 Å². The van der Waals surface area contributed by atoms with Gasteiger partial charge >= 0.3 is 0 Å². The molecular weight excluding hydrogens is 252 g/mol. The Morgan fingerprint density at radius 3 is 2.50 bits per heavy atom. The van der Waals surface area contributed by atoms with E-state index < -0.39 is 11.2 Å². The van der Waals surface area contributed by atoms with Crippen molar-refractivity contribution in [2.45, 2.75) is 50.7 Å². The fourth-order valence-electron chi connectivity index (χ4n) is 3.74. The van der Waals surface area contributed by atoms with Crippen LogP contribution in [0.3, 0.4) is 0 Å². The molecule has 4 atom stereocenters. The Balaban J connectivity index is 3.17. The number of aliphatic hydroxyl groups excluding tert-OH is 1. The van der Waals surface area contributed by atoms with E-state index >= 15 is 0 Å². The first-order valence-electron chi connectivity index (χ1n) is 7.16. The van der Waals surface area contributed by atoms with Crippen molar-refractivity contribution in [3.8, 4) is 0 Å². The number of rotatable bonds is 7. The molecule has 1 rings (SSSR count). The quantitative estimate of drug-likeness (QED) is 0.628. The van der Waals surface area contributed by atoms with Crippen molar-refractivity contribution >= 4 is 0 Å². The van der Waals surface area contributed by atoms with E-state index in [1.165, 1.54) is 0 Å². The number of hydrogen-bond acceptors (Lipinski definition) is 3. The first-order chi connectivity index (χ1) is 9.18. The van der Waals surface area contributed by atoms with Crippen LogP contribution in [0, 0.1) is 11.8 Å². The van der Waals surface area contributed by atoms with Gasteiger partial charge in [0.15, 0.2) is 0 Å². The third kappa shape index (κ3) is 3.40. The molecule has 0 aromatic heterocycles. The van der Waals surface area contributed by atoms with Gasteiger partial charge in [-0.25, -0.2) is 0 Å². The van der Waals surface area contributed by atoms with Crippen LogP contribution in [0.15, 0.2) is 37.0 Å². The van der Waals surface area contributed by atoms with Gasteiger partial charge in [0, 0.05) is 5.92 Å². The highest BCUT2D eigenvalue weighted by Crippen LogP contribution is 2.51. The summed E-state index contributed by atoms with van der Waals surface area (Å²) in [4.78, 5) is 0. The number of aliphatic hydroxyl groups is 3. The summed E-state index contributed by atoms with van der Waals surface area (Å²) in [7, 11) is 0. The topological polar surface area (TPSA) is 60.7 Å². The van der Waals surface area contributed by atoms with Gasteiger partial charge in [-0.3, -0.25) is 0 Å². The van der Waals surface area contributed by atoms with E-state index in [1.54, 1.807) is 13.0 Å². The van der Waals surface area contributed by atoms with Crippen LogP contribution in [0.2, 0.25) is 0 Å². The van der Waals surface area contributed by atoms with Crippen molar-refractivity contribution in [3.05, 3.63) is 37.0 Å². The normalized spacial score (nSPS) is 32.6. The maximum absolute atomic E-state index is 11.1. The van der Waals surface area contributed by atoms with Crippen LogP contribution < -0.4 is 0 Å². The first kappa shape index (κ1) is 17.2. The van der Waals surface area contributed by atoms with Gasteiger partial charge in [-0.15, -0.1) is 6.58 Å². The maximum Gasteiger partial charge on any atom is 0.0780 e. The second kappa shape index (κ2) is 6.25. The van der Waals surface area contributed by atoms with E-state index in [0.29, 0.717) is 18.4 Å². The third-order valence-corrected chi connectivity index (χ3v) is 4.52. The SMILES string of the molecule is C=CC[C@@](O)(CC(=C)CO)[C@@H]1[C@@H](C(=C)C)CC[C@@]1(C)O. The summed E-state index contributed by atoms with van der Waals surface area (Å²) in [5.41, 5.74) is -0.551. The Morgan fingerprint density at radius 2 is 2.05 bits per heavy atom. The molecule has 3 nitrogen and oxygen atoms in total.